The predicted molar refractivity (Wildman–Crippen MR) is 84.1 cm³/mol. The van der Waals surface area contributed by atoms with E-state index in [4.69, 9.17) is 4.74 Å². The Kier molecular flexibility index (Phi) is 4.97. The third kappa shape index (κ3) is 3.61. The Hall–Kier alpha value is -1.87. The van der Waals surface area contributed by atoms with Gasteiger partial charge in [-0.2, -0.15) is 0 Å². The fraction of sp³-hybridized carbons (Fsp3) is 0.333. The fourth-order valence-corrected chi connectivity index (χ4v) is 2.53. The number of ether oxygens (including phenoxy) is 1. The summed E-state index contributed by atoms with van der Waals surface area (Å²) in [6.07, 6.45) is 0. The van der Waals surface area contributed by atoms with Crippen molar-refractivity contribution in [1.29, 1.82) is 0 Å². The molecule has 2 atom stereocenters. The van der Waals surface area contributed by atoms with E-state index in [2.05, 4.69) is 43.4 Å². The Morgan fingerprint density at radius 3 is 2.29 bits per heavy atom. The van der Waals surface area contributed by atoms with E-state index in [-0.39, 0.29) is 17.9 Å². The van der Waals surface area contributed by atoms with Crippen LogP contribution in [0.5, 0.6) is 5.75 Å². The normalized spacial score (nSPS) is 13.8. The maximum Gasteiger partial charge on any atom is 0.131 e. The zero-order valence-corrected chi connectivity index (χ0v) is 13.0. The first-order valence-electron chi connectivity index (χ1n) is 7.18. The van der Waals surface area contributed by atoms with Crippen LogP contribution in [0.2, 0.25) is 0 Å². The molecule has 0 heterocycles. The first kappa shape index (κ1) is 15.5. The van der Waals surface area contributed by atoms with Crippen LogP contribution in [0.15, 0.2) is 42.5 Å². The zero-order chi connectivity index (χ0) is 15.4. The van der Waals surface area contributed by atoms with Gasteiger partial charge in [0.1, 0.15) is 11.6 Å². The van der Waals surface area contributed by atoms with Crippen molar-refractivity contribution in [3.63, 3.8) is 0 Å². The van der Waals surface area contributed by atoms with Gasteiger partial charge in [0.25, 0.3) is 0 Å². The quantitative estimate of drug-likeness (QED) is 0.870. The highest BCUT2D eigenvalue weighted by atomic mass is 19.1. The van der Waals surface area contributed by atoms with Gasteiger partial charge >= 0.3 is 0 Å². The number of hydrogen-bond acceptors (Lipinski definition) is 2. The van der Waals surface area contributed by atoms with Gasteiger partial charge in [0, 0.05) is 17.6 Å². The highest BCUT2D eigenvalue weighted by Crippen LogP contribution is 2.29. The van der Waals surface area contributed by atoms with Crippen LogP contribution in [0.25, 0.3) is 0 Å². The van der Waals surface area contributed by atoms with Gasteiger partial charge < -0.3 is 10.1 Å². The second kappa shape index (κ2) is 6.72. The van der Waals surface area contributed by atoms with Crippen molar-refractivity contribution < 1.29 is 9.13 Å². The highest BCUT2D eigenvalue weighted by molar-refractivity contribution is 5.37. The van der Waals surface area contributed by atoms with Crippen LogP contribution in [0.1, 0.15) is 42.6 Å². The topological polar surface area (TPSA) is 21.3 Å². The molecule has 0 aliphatic heterocycles. The van der Waals surface area contributed by atoms with Crippen molar-refractivity contribution in [2.75, 3.05) is 7.11 Å². The maximum atomic E-state index is 14.1. The molecule has 0 saturated heterocycles. The summed E-state index contributed by atoms with van der Waals surface area (Å²) in [5.74, 6) is 0.330. The molecule has 21 heavy (non-hydrogen) atoms. The summed E-state index contributed by atoms with van der Waals surface area (Å²) < 4.78 is 19.3. The van der Waals surface area contributed by atoms with E-state index >= 15 is 0 Å². The number of aryl methyl sites for hydroxylation is 1. The third-order valence-corrected chi connectivity index (χ3v) is 3.74. The number of methoxy groups -OCH3 is 1. The second-order valence-electron chi connectivity index (χ2n) is 5.38. The molecule has 0 aliphatic carbocycles. The number of benzene rings is 2. The first-order valence-corrected chi connectivity index (χ1v) is 7.18. The standard InChI is InChI=1S/C18H22FNO/c1-12-8-10-15(11-9-12)13(2)20-14(3)18-16(19)6-5-7-17(18)21-4/h5-11,13-14,20H,1-4H3. The molecule has 0 saturated carbocycles. The third-order valence-electron chi connectivity index (χ3n) is 3.74. The van der Waals surface area contributed by atoms with Gasteiger partial charge in [0.05, 0.1) is 7.11 Å². The lowest BCUT2D eigenvalue weighted by atomic mass is 10.0. The molecule has 2 nitrogen and oxygen atoms in total. The molecule has 112 valence electrons. The van der Waals surface area contributed by atoms with Gasteiger partial charge in [-0.25, -0.2) is 4.39 Å². The van der Waals surface area contributed by atoms with Crippen LogP contribution in [-0.4, -0.2) is 7.11 Å². The Bertz CT molecular complexity index is 595. The maximum absolute atomic E-state index is 14.1. The molecule has 0 spiro atoms. The highest BCUT2D eigenvalue weighted by Gasteiger charge is 2.18. The van der Waals surface area contributed by atoms with E-state index in [1.807, 2.05) is 6.92 Å². The molecule has 2 rings (SSSR count). The molecule has 0 amide bonds. The lowest BCUT2D eigenvalue weighted by Crippen LogP contribution is -2.23. The number of rotatable bonds is 5. The predicted octanol–water partition coefficient (Wildman–Crippen LogP) is 4.55. The van der Waals surface area contributed by atoms with E-state index in [0.717, 1.165) is 0 Å². The Labute approximate surface area is 126 Å². The summed E-state index contributed by atoms with van der Waals surface area (Å²) >= 11 is 0. The number of hydrogen-bond donors (Lipinski definition) is 1. The first-order chi connectivity index (χ1) is 10.0. The Morgan fingerprint density at radius 1 is 1.00 bits per heavy atom. The van der Waals surface area contributed by atoms with Crippen molar-refractivity contribution in [3.8, 4) is 5.75 Å². The molecule has 0 aliphatic rings. The van der Waals surface area contributed by atoms with Crippen LogP contribution >= 0.6 is 0 Å². The average Bonchev–Trinajstić information content (AvgIpc) is 2.47. The SMILES string of the molecule is COc1cccc(F)c1C(C)NC(C)c1ccc(C)cc1. The van der Waals surface area contributed by atoms with E-state index in [0.29, 0.717) is 11.3 Å². The molecule has 0 radical (unpaired) electrons. The van der Waals surface area contributed by atoms with Gasteiger partial charge in [0.2, 0.25) is 0 Å². The van der Waals surface area contributed by atoms with Crippen molar-refractivity contribution in [1.82, 2.24) is 5.32 Å². The van der Waals surface area contributed by atoms with E-state index in [1.54, 1.807) is 19.2 Å². The molecule has 0 bridgehead atoms. The molecule has 1 N–H and O–H groups in total. The average molecular weight is 287 g/mol. The van der Waals surface area contributed by atoms with Gasteiger partial charge in [-0.3, -0.25) is 0 Å². The zero-order valence-electron chi connectivity index (χ0n) is 13.0. The van der Waals surface area contributed by atoms with Crippen molar-refractivity contribution >= 4 is 0 Å². The van der Waals surface area contributed by atoms with Crippen LogP contribution in [0.4, 0.5) is 4.39 Å². The van der Waals surface area contributed by atoms with Gasteiger partial charge in [0.15, 0.2) is 0 Å². The largest absolute Gasteiger partial charge is 0.496 e. The van der Waals surface area contributed by atoms with Gasteiger partial charge in [-0.1, -0.05) is 35.9 Å². The van der Waals surface area contributed by atoms with Crippen molar-refractivity contribution in [3.05, 3.63) is 65.0 Å². The molecular weight excluding hydrogens is 265 g/mol. The fourth-order valence-electron chi connectivity index (χ4n) is 2.53. The summed E-state index contributed by atoms with van der Waals surface area (Å²) in [5, 5.41) is 3.43. The summed E-state index contributed by atoms with van der Waals surface area (Å²) in [5.41, 5.74) is 2.98. The number of halogens is 1. The minimum atomic E-state index is -0.245. The minimum absolute atomic E-state index is 0.130. The minimum Gasteiger partial charge on any atom is -0.496 e. The van der Waals surface area contributed by atoms with Crippen molar-refractivity contribution in [2.45, 2.75) is 32.9 Å². The van der Waals surface area contributed by atoms with E-state index < -0.39 is 0 Å². The summed E-state index contributed by atoms with van der Waals surface area (Å²) in [6.45, 7) is 6.09. The lowest BCUT2D eigenvalue weighted by Gasteiger charge is -2.23. The van der Waals surface area contributed by atoms with Gasteiger partial charge in [-0.15, -0.1) is 0 Å². The Morgan fingerprint density at radius 2 is 1.67 bits per heavy atom. The summed E-state index contributed by atoms with van der Waals surface area (Å²) in [4.78, 5) is 0. The van der Waals surface area contributed by atoms with Gasteiger partial charge in [-0.05, 0) is 38.5 Å². The molecule has 2 aromatic rings. The lowest BCUT2D eigenvalue weighted by molar-refractivity contribution is 0.387. The van der Waals surface area contributed by atoms with Crippen LogP contribution in [0.3, 0.4) is 0 Å². The second-order valence-corrected chi connectivity index (χ2v) is 5.38. The van der Waals surface area contributed by atoms with Crippen molar-refractivity contribution in [2.24, 2.45) is 0 Å². The Balaban J connectivity index is 2.18. The molecular formula is C18H22FNO. The summed E-state index contributed by atoms with van der Waals surface area (Å²) in [7, 11) is 1.56. The monoisotopic (exact) mass is 287 g/mol. The van der Waals surface area contributed by atoms with Crippen LogP contribution in [0, 0.1) is 12.7 Å². The number of nitrogens with one attached hydrogen (secondary N) is 1. The van der Waals surface area contributed by atoms with E-state index in [1.165, 1.54) is 17.2 Å². The molecule has 2 aromatic carbocycles. The van der Waals surface area contributed by atoms with Crippen LogP contribution in [-0.2, 0) is 0 Å². The molecule has 0 fully saturated rings. The summed E-state index contributed by atoms with van der Waals surface area (Å²) in [6, 6.07) is 13.3. The van der Waals surface area contributed by atoms with E-state index in [9.17, 15) is 4.39 Å². The molecule has 0 aromatic heterocycles. The smallest absolute Gasteiger partial charge is 0.131 e. The molecule has 2 unspecified atom stereocenters. The van der Waals surface area contributed by atoms with Crippen LogP contribution < -0.4 is 10.1 Å². The molecule has 3 heteroatoms.